The molecule has 0 saturated carbocycles. The summed E-state index contributed by atoms with van der Waals surface area (Å²) < 4.78 is 8.66. The van der Waals surface area contributed by atoms with Crippen LogP contribution in [0.2, 0.25) is 0 Å². The van der Waals surface area contributed by atoms with Crippen molar-refractivity contribution in [3.05, 3.63) is 0 Å². The Kier molecular flexibility index (Phi) is 11.9. The van der Waals surface area contributed by atoms with Crippen LogP contribution in [-0.2, 0) is 38.7 Å². The first-order chi connectivity index (χ1) is 2.00. The monoisotopic (exact) mass is 207 g/mol. The van der Waals surface area contributed by atoms with Gasteiger partial charge >= 0.3 is 17.1 Å². The van der Waals surface area contributed by atoms with Gasteiger partial charge in [0.25, 0.3) is 0 Å². The third-order valence-electron chi connectivity index (χ3n) is 0. The van der Waals surface area contributed by atoms with Gasteiger partial charge in [0, 0.05) is 17.1 Å². The summed E-state index contributed by atoms with van der Waals surface area (Å²) >= 11 is 0. The van der Waals surface area contributed by atoms with Crippen LogP contribution in [-0.4, -0.2) is 4.89 Å². The summed E-state index contributed by atoms with van der Waals surface area (Å²) in [5.74, 6) is 0. The summed E-state index contributed by atoms with van der Waals surface area (Å²) in [5.41, 5.74) is 0. The minimum Gasteiger partial charge on any atom is -0.790 e. The maximum Gasteiger partial charge on any atom is 2.00 e. The summed E-state index contributed by atoms with van der Waals surface area (Å²) in [6, 6.07) is 0. The minimum absolute atomic E-state index is 0. The van der Waals surface area contributed by atoms with Gasteiger partial charge in [0.2, 0.25) is 0 Å². The van der Waals surface area contributed by atoms with Crippen LogP contribution in [0.25, 0.3) is 0 Å². The summed E-state index contributed by atoms with van der Waals surface area (Å²) in [7, 11) is -5.14. The van der Waals surface area contributed by atoms with Gasteiger partial charge in [-0.2, -0.15) is 0 Å². The molecule has 1 N–H and O–H groups in total. The topological polar surface area (TPSA) is 83.4 Å². The average Bonchev–Trinajstić information content (AvgIpc) is 0.722. The van der Waals surface area contributed by atoms with E-state index in [1.54, 1.807) is 0 Å². The van der Waals surface area contributed by atoms with Crippen molar-refractivity contribution >= 4 is 7.82 Å². The second kappa shape index (κ2) is 5.29. The third kappa shape index (κ3) is 144. The summed E-state index contributed by atoms with van der Waals surface area (Å²) in [4.78, 5) is 24.3. The van der Waals surface area contributed by atoms with Crippen molar-refractivity contribution in [3.63, 3.8) is 0 Å². The molecule has 0 aromatic rings. The number of phosphoric acid groups is 1. The molecule has 7 heteroatoms. The Hall–Kier alpha value is 1.15. The van der Waals surface area contributed by atoms with Crippen LogP contribution in [0, 0.1) is 0 Å². The van der Waals surface area contributed by atoms with Crippen LogP contribution < -0.4 is 9.79 Å². The fourth-order valence-electron chi connectivity index (χ4n) is 0. The molecule has 0 aromatic carbocycles. The van der Waals surface area contributed by atoms with Crippen molar-refractivity contribution < 1.29 is 53.4 Å². The Balaban J connectivity index is -0.0000000800. The summed E-state index contributed by atoms with van der Waals surface area (Å²) in [6.45, 7) is 0. The van der Waals surface area contributed by atoms with E-state index in [0.717, 1.165) is 0 Å². The van der Waals surface area contributed by atoms with Crippen molar-refractivity contribution in [2.45, 2.75) is 0 Å². The largest absolute Gasteiger partial charge is 2.00 e. The molecule has 1 radical (unpaired) electrons. The molecule has 0 bridgehead atoms. The second-order valence-corrected chi connectivity index (χ2v) is 1.41. The standard InChI is InChI=1S/Fe.Mn.H3O4P/c;;1-5(2,3)4/h;;(H3,1,2,3,4)/q+2;;/p-2. The molecule has 0 aliphatic heterocycles. The van der Waals surface area contributed by atoms with E-state index in [9.17, 15) is 0 Å². The van der Waals surface area contributed by atoms with Gasteiger partial charge in [-0.05, 0) is 0 Å². The van der Waals surface area contributed by atoms with Crippen LogP contribution >= 0.6 is 7.82 Å². The van der Waals surface area contributed by atoms with E-state index in [0.29, 0.717) is 0 Å². The van der Waals surface area contributed by atoms with Gasteiger partial charge in [0.1, 0.15) is 0 Å². The molecule has 45 valence electrons. The van der Waals surface area contributed by atoms with E-state index in [-0.39, 0.29) is 34.1 Å². The molecule has 0 amide bonds. The summed E-state index contributed by atoms with van der Waals surface area (Å²) in [6.07, 6.45) is 0. The first kappa shape index (κ1) is 15.7. The molecule has 0 saturated heterocycles. The zero-order chi connectivity index (χ0) is 4.50. The normalized spacial score (nSPS) is 8.43. The van der Waals surface area contributed by atoms with Crippen LogP contribution in [0.15, 0.2) is 0 Å². The first-order valence-electron chi connectivity index (χ1n) is 0.748. The van der Waals surface area contributed by atoms with Crippen molar-refractivity contribution in [1.82, 2.24) is 0 Å². The molecule has 0 rings (SSSR count). The fraction of sp³-hybridized carbons (Fsp3) is 0. The van der Waals surface area contributed by atoms with Crippen LogP contribution in [0.3, 0.4) is 0 Å². The molecular formula is HFeMnO4P. The molecule has 0 unspecified atom stereocenters. The zero-order valence-corrected chi connectivity index (χ0v) is 6.03. The number of rotatable bonds is 0. The quantitative estimate of drug-likeness (QED) is 0.360. The molecule has 0 heterocycles. The van der Waals surface area contributed by atoms with Crippen molar-refractivity contribution in [3.8, 4) is 0 Å². The zero-order valence-electron chi connectivity index (χ0n) is 2.85. The van der Waals surface area contributed by atoms with Gasteiger partial charge < -0.3 is 19.2 Å². The van der Waals surface area contributed by atoms with Crippen molar-refractivity contribution in [1.29, 1.82) is 0 Å². The van der Waals surface area contributed by atoms with Crippen LogP contribution in [0.4, 0.5) is 0 Å². The summed E-state index contributed by atoms with van der Waals surface area (Å²) in [5, 5.41) is 0. The van der Waals surface area contributed by atoms with Gasteiger partial charge in [-0.25, -0.2) is 0 Å². The van der Waals surface area contributed by atoms with Crippen molar-refractivity contribution in [2.75, 3.05) is 0 Å². The molecule has 0 aromatic heterocycles. The molecule has 0 atom stereocenters. The fourth-order valence-corrected chi connectivity index (χ4v) is 0. The molecule has 0 aliphatic rings. The second-order valence-electron chi connectivity index (χ2n) is 0.469. The Morgan fingerprint density at radius 3 is 1.43 bits per heavy atom. The van der Waals surface area contributed by atoms with E-state index in [1.807, 2.05) is 0 Å². The van der Waals surface area contributed by atoms with Gasteiger partial charge in [0.15, 0.2) is 0 Å². The van der Waals surface area contributed by atoms with Gasteiger partial charge in [-0.15, -0.1) is 0 Å². The smallest absolute Gasteiger partial charge is 0.790 e. The maximum absolute atomic E-state index is 8.66. The minimum atomic E-state index is -5.14. The molecular weight excluding hydrogens is 206 g/mol. The van der Waals surface area contributed by atoms with Gasteiger partial charge in [-0.3, -0.25) is 0 Å². The van der Waals surface area contributed by atoms with E-state index >= 15 is 0 Å². The molecule has 4 nitrogen and oxygen atoms in total. The molecule has 0 aliphatic carbocycles. The predicted octanol–water partition coefficient (Wildman–Crippen LogP) is -2.20. The Labute approximate surface area is 61.5 Å². The maximum atomic E-state index is 8.66. The molecule has 0 spiro atoms. The van der Waals surface area contributed by atoms with Gasteiger partial charge in [0.05, 0.1) is 7.82 Å². The number of hydrogen-bond donors (Lipinski definition) is 1. The first-order valence-corrected chi connectivity index (χ1v) is 2.24. The Bertz CT molecular complexity index is 57.8. The van der Waals surface area contributed by atoms with Gasteiger partial charge in [-0.1, -0.05) is 0 Å². The Morgan fingerprint density at radius 2 is 1.43 bits per heavy atom. The van der Waals surface area contributed by atoms with E-state index in [2.05, 4.69) is 0 Å². The predicted molar refractivity (Wildman–Crippen MR) is 9.83 cm³/mol. The SMILES string of the molecule is O=P([O-])([O-])O.[Fe+2].[Mn]. The van der Waals surface area contributed by atoms with E-state index in [1.165, 1.54) is 0 Å². The van der Waals surface area contributed by atoms with Crippen LogP contribution in [0.5, 0.6) is 0 Å². The molecule has 7 heavy (non-hydrogen) atoms. The van der Waals surface area contributed by atoms with Crippen molar-refractivity contribution in [2.24, 2.45) is 0 Å². The van der Waals surface area contributed by atoms with E-state index < -0.39 is 7.82 Å². The Morgan fingerprint density at radius 1 is 1.43 bits per heavy atom. The van der Waals surface area contributed by atoms with E-state index in [4.69, 9.17) is 19.2 Å². The van der Waals surface area contributed by atoms with Crippen LogP contribution in [0.1, 0.15) is 0 Å². The average molecular weight is 207 g/mol. The molecule has 0 fully saturated rings. The number of hydrogen-bond acceptors (Lipinski definition) is 3. The third-order valence-corrected chi connectivity index (χ3v) is 0.